The highest BCUT2D eigenvalue weighted by Gasteiger charge is 2.16. The van der Waals surface area contributed by atoms with Crippen LogP contribution in [0.5, 0.6) is 0 Å². The Morgan fingerprint density at radius 2 is 2.17 bits per heavy atom. The zero-order valence-electron chi connectivity index (χ0n) is 13.0. The Labute approximate surface area is 137 Å². The van der Waals surface area contributed by atoms with Crippen LogP contribution in [0.2, 0.25) is 0 Å². The summed E-state index contributed by atoms with van der Waals surface area (Å²) in [5.74, 6) is 0.563. The number of amides is 1. The Hall–Kier alpha value is -3.00. The quantitative estimate of drug-likeness (QED) is 0.707. The highest BCUT2D eigenvalue weighted by atomic mass is 19.1. The van der Waals surface area contributed by atoms with E-state index in [2.05, 4.69) is 15.5 Å². The molecule has 0 spiro atoms. The van der Waals surface area contributed by atoms with Crippen LogP contribution in [0.25, 0.3) is 11.7 Å². The van der Waals surface area contributed by atoms with Crippen molar-refractivity contribution in [2.45, 2.75) is 6.54 Å². The molecule has 0 aliphatic heterocycles. The van der Waals surface area contributed by atoms with E-state index in [0.29, 0.717) is 29.8 Å². The first-order valence-corrected chi connectivity index (χ1v) is 7.33. The fourth-order valence-corrected chi connectivity index (χ4v) is 2.19. The zero-order chi connectivity index (χ0) is 16.9. The molecule has 0 aliphatic carbocycles. The molecule has 24 heavy (non-hydrogen) atoms. The van der Waals surface area contributed by atoms with Crippen molar-refractivity contribution in [3.05, 3.63) is 54.4 Å². The summed E-state index contributed by atoms with van der Waals surface area (Å²) in [6, 6.07) is 9.20. The number of carbonyl (C=O) groups excluding carboxylic acids is 1. The van der Waals surface area contributed by atoms with Crippen molar-refractivity contribution in [2.24, 2.45) is 0 Å². The number of furan rings is 1. The van der Waals surface area contributed by atoms with Crippen LogP contribution in [0.3, 0.4) is 0 Å². The van der Waals surface area contributed by atoms with Crippen molar-refractivity contribution in [2.75, 3.05) is 18.9 Å². The Balaban J connectivity index is 1.53. The zero-order valence-corrected chi connectivity index (χ0v) is 13.0. The molecule has 0 saturated heterocycles. The Morgan fingerprint density at radius 1 is 1.29 bits per heavy atom. The number of benzene rings is 1. The molecule has 0 bridgehead atoms. The second-order valence-corrected chi connectivity index (χ2v) is 5.35. The predicted octanol–water partition coefficient (Wildman–Crippen LogP) is 1.12. The smallest absolute Gasteiger partial charge is 0.283 e. The van der Waals surface area contributed by atoms with Gasteiger partial charge >= 0.3 is 0 Å². The molecule has 1 aromatic carbocycles. The Bertz CT molecular complexity index is 816. The molecule has 2 aromatic heterocycles. The normalized spacial score (nSPS) is 12.1. The summed E-state index contributed by atoms with van der Waals surface area (Å²) in [6.07, 6.45) is 1.52. The van der Waals surface area contributed by atoms with Gasteiger partial charge in [-0.2, -0.15) is 0 Å². The van der Waals surface area contributed by atoms with Gasteiger partial charge in [-0.15, -0.1) is 10.2 Å². The maximum Gasteiger partial charge on any atom is 0.283 e. The van der Waals surface area contributed by atoms with Crippen LogP contribution in [0, 0.1) is 5.82 Å². The summed E-state index contributed by atoms with van der Waals surface area (Å²) in [4.78, 5) is 12.8. The highest BCUT2D eigenvalue weighted by Crippen LogP contribution is 2.17. The minimum absolute atomic E-state index is 0.176. The molecule has 0 saturated carbocycles. The number of rotatable bonds is 6. The van der Waals surface area contributed by atoms with Gasteiger partial charge in [0.2, 0.25) is 0 Å². The molecule has 2 N–H and O–H groups in total. The first-order valence-electron chi connectivity index (χ1n) is 7.33. The average molecular weight is 331 g/mol. The Morgan fingerprint density at radius 3 is 2.92 bits per heavy atom. The molecule has 0 fully saturated rings. The van der Waals surface area contributed by atoms with E-state index >= 15 is 0 Å². The average Bonchev–Trinajstić information content (AvgIpc) is 3.17. The number of hydrogen-bond donors (Lipinski definition) is 2. The standard InChI is InChI=1S/C16H15FN4O3/c1-21(9-14(22)18-12-5-2-4-11(17)8-12)10-15-19-20-16(24-15)13-6-3-7-23-13/h2-8H,9-10H2,1H3,(H,18,22)/p+1. The van der Waals surface area contributed by atoms with Crippen LogP contribution < -0.4 is 10.2 Å². The highest BCUT2D eigenvalue weighted by molar-refractivity contribution is 5.91. The van der Waals surface area contributed by atoms with Gasteiger partial charge < -0.3 is 19.1 Å². The first-order chi connectivity index (χ1) is 11.6. The monoisotopic (exact) mass is 331 g/mol. The van der Waals surface area contributed by atoms with E-state index in [4.69, 9.17) is 8.83 Å². The van der Waals surface area contributed by atoms with E-state index in [-0.39, 0.29) is 12.5 Å². The molecule has 0 radical (unpaired) electrons. The number of carbonyl (C=O) groups is 1. The number of nitrogens with zero attached hydrogens (tertiary/aromatic N) is 2. The van der Waals surface area contributed by atoms with E-state index in [0.717, 1.165) is 4.90 Å². The molecule has 7 nitrogen and oxygen atoms in total. The Kier molecular flexibility index (Phi) is 4.66. The number of anilines is 1. The lowest BCUT2D eigenvalue weighted by Gasteiger charge is -2.11. The molecule has 0 aliphatic rings. The van der Waals surface area contributed by atoms with Gasteiger partial charge in [-0.05, 0) is 30.3 Å². The molecule has 1 amide bonds. The van der Waals surface area contributed by atoms with E-state index in [9.17, 15) is 9.18 Å². The third-order valence-corrected chi connectivity index (χ3v) is 3.22. The van der Waals surface area contributed by atoms with Gasteiger partial charge in [0, 0.05) is 5.69 Å². The van der Waals surface area contributed by atoms with Crippen LogP contribution in [-0.2, 0) is 11.3 Å². The number of halogens is 1. The van der Waals surface area contributed by atoms with E-state index in [1.807, 2.05) is 7.05 Å². The minimum atomic E-state index is -0.398. The molecule has 3 rings (SSSR count). The first kappa shape index (κ1) is 15.9. The minimum Gasteiger partial charge on any atom is -0.459 e. The second kappa shape index (κ2) is 7.05. The van der Waals surface area contributed by atoms with Crippen LogP contribution in [0.4, 0.5) is 10.1 Å². The maximum absolute atomic E-state index is 13.1. The van der Waals surface area contributed by atoms with Crippen molar-refractivity contribution >= 4 is 11.6 Å². The number of aromatic nitrogens is 2. The lowest BCUT2D eigenvalue weighted by Crippen LogP contribution is -3.08. The number of hydrogen-bond acceptors (Lipinski definition) is 5. The number of likely N-dealkylation sites (N-methyl/N-ethyl adjacent to an activating group) is 1. The van der Waals surface area contributed by atoms with Crippen molar-refractivity contribution in [3.8, 4) is 11.7 Å². The summed E-state index contributed by atoms with van der Waals surface area (Å²) in [5, 5.41) is 10.5. The summed E-state index contributed by atoms with van der Waals surface area (Å²) in [6.45, 7) is 0.555. The van der Waals surface area contributed by atoms with Gasteiger partial charge in [0.25, 0.3) is 17.7 Å². The molecule has 1 atom stereocenters. The number of quaternary nitrogens is 1. The van der Waals surface area contributed by atoms with E-state index < -0.39 is 5.82 Å². The van der Waals surface area contributed by atoms with Gasteiger partial charge in [0.05, 0.1) is 13.3 Å². The second-order valence-electron chi connectivity index (χ2n) is 5.35. The van der Waals surface area contributed by atoms with Crippen LogP contribution >= 0.6 is 0 Å². The van der Waals surface area contributed by atoms with Crippen molar-refractivity contribution < 1.29 is 22.9 Å². The topological polar surface area (TPSA) is 85.6 Å². The van der Waals surface area contributed by atoms with E-state index in [1.54, 1.807) is 18.2 Å². The lowest BCUT2D eigenvalue weighted by atomic mass is 10.3. The van der Waals surface area contributed by atoms with Gasteiger partial charge in [-0.3, -0.25) is 4.79 Å². The molecule has 8 heteroatoms. The van der Waals surface area contributed by atoms with Crippen LogP contribution in [-0.4, -0.2) is 29.7 Å². The van der Waals surface area contributed by atoms with Crippen molar-refractivity contribution in [1.82, 2.24) is 10.2 Å². The van der Waals surface area contributed by atoms with Gasteiger partial charge in [0.15, 0.2) is 18.8 Å². The SMILES string of the molecule is C[NH+](CC(=O)Nc1cccc(F)c1)Cc1nnc(-c2ccco2)o1. The fourth-order valence-electron chi connectivity index (χ4n) is 2.19. The summed E-state index contributed by atoms with van der Waals surface area (Å²) in [7, 11) is 1.82. The van der Waals surface area contributed by atoms with Crippen molar-refractivity contribution in [1.29, 1.82) is 0 Å². The summed E-state index contributed by atoms with van der Waals surface area (Å²) >= 11 is 0. The predicted molar refractivity (Wildman–Crippen MR) is 82.5 cm³/mol. The molecular formula is C16H16FN4O3+. The molecule has 1 unspecified atom stereocenters. The largest absolute Gasteiger partial charge is 0.459 e. The van der Waals surface area contributed by atoms with Crippen LogP contribution in [0.1, 0.15) is 5.89 Å². The van der Waals surface area contributed by atoms with E-state index in [1.165, 1.54) is 24.5 Å². The molecular weight excluding hydrogens is 315 g/mol. The summed E-state index contributed by atoms with van der Waals surface area (Å²) in [5.41, 5.74) is 0.422. The maximum atomic E-state index is 13.1. The third-order valence-electron chi connectivity index (χ3n) is 3.22. The fraction of sp³-hybridized carbons (Fsp3) is 0.188. The van der Waals surface area contributed by atoms with Gasteiger partial charge in [-0.25, -0.2) is 4.39 Å². The van der Waals surface area contributed by atoms with Gasteiger partial charge in [-0.1, -0.05) is 6.07 Å². The number of nitrogens with one attached hydrogen (secondary N) is 2. The van der Waals surface area contributed by atoms with Gasteiger partial charge in [0.1, 0.15) is 5.82 Å². The van der Waals surface area contributed by atoms with Crippen LogP contribution in [0.15, 0.2) is 51.5 Å². The molecule has 3 aromatic rings. The molecule has 124 valence electrons. The summed E-state index contributed by atoms with van der Waals surface area (Å²) < 4.78 is 23.8. The third kappa shape index (κ3) is 4.05. The lowest BCUT2D eigenvalue weighted by molar-refractivity contribution is -0.886. The molecule has 2 heterocycles. The van der Waals surface area contributed by atoms with Crippen molar-refractivity contribution in [3.63, 3.8) is 0 Å².